The molecule has 0 aliphatic heterocycles. The fraction of sp³-hybridized carbons (Fsp3) is 0.250. The zero-order valence-electron chi connectivity index (χ0n) is 11.4. The minimum absolute atomic E-state index is 0.0851. The van der Waals surface area contributed by atoms with Crippen LogP contribution in [0.1, 0.15) is 27.2 Å². The van der Waals surface area contributed by atoms with Gasteiger partial charge < -0.3 is 4.74 Å². The van der Waals surface area contributed by atoms with Gasteiger partial charge in [0.05, 0.1) is 19.2 Å². The molecule has 0 saturated carbocycles. The Kier molecular flexibility index (Phi) is 3.95. The van der Waals surface area contributed by atoms with Gasteiger partial charge in [-0.05, 0) is 25.0 Å². The number of ether oxygens (including phenoxy) is 1. The van der Waals surface area contributed by atoms with E-state index in [1.165, 1.54) is 0 Å². The average molecular weight is 255 g/mol. The van der Waals surface area contributed by atoms with Crippen LogP contribution in [0.15, 0.2) is 36.4 Å². The first-order valence-electron chi connectivity index (χ1n) is 6.21. The SMILES string of the molecule is COc1ccc(C)c(CC(=O)c2ccccc2C)n1. The van der Waals surface area contributed by atoms with Gasteiger partial charge in [-0.3, -0.25) is 4.79 Å². The molecule has 0 aliphatic rings. The molecule has 0 spiro atoms. The maximum Gasteiger partial charge on any atom is 0.213 e. The Hall–Kier alpha value is -2.16. The maximum absolute atomic E-state index is 12.3. The van der Waals surface area contributed by atoms with Crippen molar-refractivity contribution in [3.63, 3.8) is 0 Å². The first-order chi connectivity index (χ1) is 9.11. The number of carbonyl (C=O) groups is 1. The third-order valence-electron chi connectivity index (χ3n) is 3.16. The van der Waals surface area contributed by atoms with E-state index in [1.54, 1.807) is 13.2 Å². The highest BCUT2D eigenvalue weighted by atomic mass is 16.5. The minimum Gasteiger partial charge on any atom is -0.481 e. The molecule has 3 heteroatoms. The number of pyridine rings is 1. The molecule has 1 aromatic carbocycles. The summed E-state index contributed by atoms with van der Waals surface area (Å²) in [4.78, 5) is 16.6. The van der Waals surface area contributed by atoms with Crippen LogP contribution in [0.2, 0.25) is 0 Å². The van der Waals surface area contributed by atoms with Gasteiger partial charge in [0.1, 0.15) is 0 Å². The van der Waals surface area contributed by atoms with Gasteiger partial charge in [0, 0.05) is 11.6 Å². The molecule has 0 saturated heterocycles. The quantitative estimate of drug-likeness (QED) is 0.788. The lowest BCUT2D eigenvalue weighted by Gasteiger charge is -2.08. The van der Waals surface area contributed by atoms with Crippen LogP contribution in [-0.4, -0.2) is 17.9 Å². The van der Waals surface area contributed by atoms with E-state index in [1.807, 2.05) is 44.2 Å². The number of benzene rings is 1. The second-order valence-corrected chi connectivity index (χ2v) is 4.53. The van der Waals surface area contributed by atoms with Gasteiger partial charge >= 0.3 is 0 Å². The summed E-state index contributed by atoms with van der Waals surface area (Å²) in [6.07, 6.45) is 0.299. The van der Waals surface area contributed by atoms with Crippen molar-refractivity contribution in [2.24, 2.45) is 0 Å². The fourth-order valence-electron chi connectivity index (χ4n) is 1.98. The summed E-state index contributed by atoms with van der Waals surface area (Å²) in [6, 6.07) is 11.3. The molecule has 98 valence electrons. The van der Waals surface area contributed by atoms with Crippen molar-refractivity contribution < 1.29 is 9.53 Å². The number of nitrogens with zero attached hydrogens (tertiary/aromatic N) is 1. The Morgan fingerprint density at radius 1 is 1.11 bits per heavy atom. The van der Waals surface area contributed by atoms with Gasteiger partial charge in [-0.15, -0.1) is 0 Å². The predicted molar refractivity (Wildman–Crippen MR) is 74.7 cm³/mol. The third-order valence-corrected chi connectivity index (χ3v) is 3.16. The van der Waals surface area contributed by atoms with Gasteiger partial charge in [-0.1, -0.05) is 30.3 Å². The van der Waals surface area contributed by atoms with Crippen molar-refractivity contribution in [2.75, 3.05) is 7.11 Å². The molecule has 1 heterocycles. The Morgan fingerprint density at radius 2 is 1.84 bits per heavy atom. The van der Waals surface area contributed by atoms with Crippen molar-refractivity contribution in [2.45, 2.75) is 20.3 Å². The van der Waals surface area contributed by atoms with E-state index >= 15 is 0 Å². The van der Waals surface area contributed by atoms with Gasteiger partial charge in [0.15, 0.2) is 5.78 Å². The van der Waals surface area contributed by atoms with Crippen molar-refractivity contribution in [1.82, 2.24) is 4.98 Å². The highest BCUT2D eigenvalue weighted by Crippen LogP contribution is 2.16. The molecular formula is C16H17NO2. The van der Waals surface area contributed by atoms with Crippen LogP contribution < -0.4 is 4.74 Å². The summed E-state index contributed by atoms with van der Waals surface area (Å²) in [5.41, 5.74) is 3.52. The second kappa shape index (κ2) is 5.65. The topological polar surface area (TPSA) is 39.2 Å². The van der Waals surface area contributed by atoms with Gasteiger partial charge in [0.25, 0.3) is 0 Å². The molecule has 0 radical (unpaired) electrons. The number of hydrogen-bond donors (Lipinski definition) is 0. The third kappa shape index (κ3) is 2.99. The van der Waals surface area contributed by atoms with Crippen molar-refractivity contribution in [3.8, 4) is 5.88 Å². The highest BCUT2D eigenvalue weighted by molar-refractivity contribution is 5.98. The molecule has 0 aliphatic carbocycles. The first kappa shape index (κ1) is 13.3. The standard InChI is InChI=1S/C16H17NO2/c1-11-6-4-5-7-13(11)15(18)10-14-12(2)8-9-16(17-14)19-3/h4-9H,10H2,1-3H3. The van der Waals surface area contributed by atoms with Crippen LogP contribution >= 0.6 is 0 Å². The number of aryl methyl sites for hydroxylation is 2. The van der Waals surface area contributed by atoms with E-state index in [-0.39, 0.29) is 5.78 Å². The summed E-state index contributed by atoms with van der Waals surface area (Å²) in [5.74, 6) is 0.625. The summed E-state index contributed by atoms with van der Waals surface area (Å²) < 4.78 is 5.10. The Bertz CT molecular complexity index is 605. The summed E-state index contributed by atoms with van der Waals surface area (Å²) in [6.45, 7) is 3.89. The van der Waals surface area contributed by atoms with Gasteiger partial charge in [-0.2, -0.15) is 0 Å². The fourth-order valence-corrected chi connectivity index (χ4v) is 1.98. The zero-order chi connectivity index (χ0) is 13.8. The minimum atomic E-state index is 0.0851. The smallest absolute Gasteiger partial charge is 0.213 e. The lowest BCUT2D eigenvalue weighted by atomic mass is 10.00. The van der Waals surface area contributed by atoms with Crippen molar-refractivity contribution >= 4 is 5.78 Å². The maximum atomic E-state index is 12.3. The lowest BCUT2D eigenvalue weighted by molar-refractivity contribution is 0.0991. The van der Waals surface area contributed by atoms with Crippen LogP contribution in [0.25, 0.3) is 0 Å². The number of hydrogen-bond acceptors (Lipinski definition) is 3. The number of ketones is 1. The molecule has 3 nitrogen and oxygen atoms in total. The number of carbonyl (C=O) groups excluding carboxylic acids is 1. The number of aromatic nitrogens is 1. The number of methoxy groups -OCH3 is 1. The van der Waals surface area contributed by atoms with E-state index in [0.717, 1.165) is 22.4 Å². The molecule has 1 aromatic heterocycles. The number of rotatable bonds is 4. The molecule has 0 bridgehead atoms. The van der Waals surface area contributed by atoms with E-state index < -0.39 is 0 Å². The molecule has 0 N–H and O–H groups in total. The average Bonchev–Trinajstić information content (AvgIpc) is 2.41. The normalized spacial score (nSPS) is 10.3. The van der Waals surface area contributed by atoms with Crippen LogP contribution in [0.5, 0.6) is 5.88 Å². The van der Waals surface area contributed by atoms with Crippen LogP contribution in [-0.2, 0) is 6.42 Å². The molecule has 19 heavy (non-hydrogen) atoms. The van der Waals surface area contributed by atoms with Crippen LogP contribution in [0.3, 0.4) is 0 Å². The van der Waals surface area contributed by atoms with E-state index in [9.17, 15) is 4.79 Å². The monoisotopic (exact) mass is 255 g/mol. The molecule has 0 fully saturated rings. The first-order valence-corrected chi connectivity index (χ1v) is 6.21. The van der Waals surface area contributed by atoms with Gasteiger partial charge in [-0.25, -0.2) is 4.98 Å². The Morgan fingerprint density at radius 3 is 2.53 bits per heavy atom. The summed E-state index contributed by atoms with van der Waals surface area (Å²) in [5, 5.41) is 0. The number of Topliss-reactive ketones (excluding diaryl/α,β-unsaturated/α-hetero) is 1. The van der Waals surface area contributed by atoms with Crippen LogP contribution in [0, 0.1) is 13.8 Å². The second-order valence-electron chi connectivity index (χ2n) is 4.53. The largest absolute Gasteiger partial charge is 0.481 e. The molecule has 2 aromatic rings. The molecular weight excluding hydrogens is 238 g/mol. The molecule has 2 rings (SSSR count). The predicted octanol–water partition coefficient (Wildman–Crippen LogP) is 3.13. The summed E-state index contributed by atoms with van der Waals surface area (Å²) in [7, 11) is 1.57. The van der Waals surface area contributed by atoms with Crippen molar-refractivity contribution in [1.29, 1.82) is 0 Å². The van der Waals surface area contributed by atoms with Gasteiger partial charge in [0.2, 0.25) is 5.88 Å². The molecule has 0 atom stereocenters. The summed E-state index contributed by atoms with van der Waals surface area (Å²) >= 11 is 0. The molecule has 0 amide bonds. The van der Waals surface area contributed by atoms with E-state index in [2.05, 4.69) is 4.98 Å². The zero-order valence-corrected chi connectivity index (χ0v) is 11.4. The van der Waals surface area contributed by atoms with E-state index in [0.29, 0.717) is 12.3 Å². The lowest BCUT2D eigenvalue weighted by Crippen LogP contribution is -2.08. The Balaban J connectivity index is 2.26. The van der Waals surface area contributed by atoms with Crippen LogP contribution in [0.4, 0.5) is 0 Å². The highest BCUT2D eigenvalue weighted by Gasteiger charge is 2.12. The Labute approximate surface area is 113 Å². The van der Waals surface area contributed by atoms with E-state index in [4.69, 9.17) is 4.74 Å². The van der Waals surface area contributed by atoms with Crippen molar-refractivity contribution in [3.05, 3.63) is 58.8 Å². The molecule has 0 unspecified atom stereocenters.